The van der Waals surface area contributed by atoms with Crippen LogP contribution in [-0.2, 0) is 16.1 Å². The zero-order valence-electron chi connectivity index (χ0n) is 15.8. The molecule has 2 fully saturated rings. The summed E-state index contributed by atoms with van der Waals surface area (Å²) in [6, 6.07) is 6.13. The summed E-state index contributed by atoms with van der Waals surface area (Å²) in [5, 5.41) is 5.51. The van der Waals surface area contributed by atoms with E-state index in [1.807, 2.05) is 0 Å². The SMILES string of the molecule is Cc1ncc(OC[C@@]2(c3cccc(F)c3)C[C@H]2C(=O)NC2NC[C@H]2F)c(CCl)n1. The van der Waals surface area contributed by atoms with E-state index in [0.29, 0.717) is 29.3 Å². The van der Waals surface area contributed by atoms with Crippen LogP contribution >= 0.6 is 11.6 Å². The number of halogens is 3. The Morgan fingerprint density at radius 1 is 1.48 bits per heavy atom. The smallest absolute Gasteiger partial charge is 0.225 e. The molecule has 6 nitrogen and oxygen atoms in total. The number of benzene rings is 1. The van der Waals surface area contributed by atoms with Crippen molar-refractivity contribution in [3.63, 3.8) is 0 Å². The van der Waals surface area contributed by atoms with Crippen LogP contribution < -0.4 is 15.4 Å². The van der Waals surface area contributed by atoms with Crippen LogP contribution in [0.2, 0.25) is 0 Å². The molecule has 1 aromatic heterocycles. The van der Waals surface area contributed by atoms with Crippen LogP contribution in [0.15, 0.2) is 30.5 Å². The minimum atomic E-state index is -1.10. The molecule has 1 amide bonds. The minimum Gasteiger partial charge on any atom is -0.489 e. The molecular formula is C20H21ClF2N4O2. The number of hydrogen-bond acceptors (Lipinski definition) is 5. The first kappa shape index (κ1) is 20.0. The summed E-state index contributed by atoms with van der Waals surface area (Å²) in [5.41, 5.74) is 0.501. The highest BCUT2D eigenvalue weighted by atomic mass is 35.5. The fourth-order valence-corrected chi connectivity index (χ4v) is 3.85. The monoisotopic (exact) mass is 422 g/mol. The van der Waals surface area contributed by atoms with Gasteiger partial charge in [0, 0.05) is 12.0 Å². The van der Waals surface area contributed by atoms with Gasteiger partial charge in [-0.25, -0.2) is 18.7 Å². The van der Waals surface area contributed by atoms with Crippen LogP contribution in [0.5, 0.6) is 5.75 Å². The van der Waals surface area contributed by atoms with E-state index >= 15 is 0 Å². The summed E-state index contributed by atoms with van der Waals surface area (Å²) in [7, 11) is 0. The standard InChI is InChI=1S/C20H21ClF2N4O2/c1-11-24-9-17(16(7-21)26-11)29-10-20(12-3-2-4-13(22)5-12)6-14(20)19(28)27-18-15(23)8-25-18/h2-5,9,14-15,18,25H,6-8,10H2,1H3,(H,27,28)/t14-,15+,18?,20+/m0/s1. The van der Waals surface area contributed by atoms with Gasteiger partial charge in [0.1, 0.15) is 29.7 Å². The molecule has 1 saturated heterocycles. The molecule has 2 aromatic rings. The zero-order chi connectivity index (χ0) is 20.6. The average molecular weight is 423 g/mol. The second-order valence-electron chi connectivity index (χ2n) is 7.48. The molecule has 1 aliphatic carbocycles. The van der Waals surface area contributed by atoms with Gasteiger partial charge in [-0.15, -0.1) is 11.6 Å². The molecule has 154 valence electrons. The molecule has 2 N–H and O–H groups in total. The number of nitrogens with zero attached hydrogens (tertiary/aromatic N) is 2. The summed E-state index contributed by atoms with van der Waals surface area (Å²) >= 11 is 5.95. The lowest BCUT2D eigenvalue weighted by molar-refractivity contribution is -0.125. The Bertz CT molecular complexity index is 931. The Morgan fingerprint density at radius 2 is 2.31 bits per heavy atom. The van der Waals surface area contributed by atoms with E-state index < -0.39 is 29.5 Å². The maximum atomic E-state index is 13.9. The predicted octanol–water partition coefficient (Wildman–Crippen LogP) is 2.38. The van der Waals surface area contributed by atoms with E-state index in [0.717, 1.165) is 0 Å². The number of aryl methyl sites for hydroxylation is 1. The number of alkyl halides is 2. The maximum absolute atomic E-state index is 13.9. The molecule has 4 rings (SSSR count). The zero-order valence-corrected chi connectivity index (χ0v) is 16.5. The fourth-order valence-electron chi connectivity index (χ4n) is 3.66. The highest BCUT2D eigenvalue weighted by Gasteiger charge is 2.60. The van der Waals surface area contributed by atoms with Crippen LogP contribution in [0, 0.1) is 18.7 Å². The highest BCUT2D eigenvalue weighted by Crippen LogP contribution is 2.55. The third-order valence-electron chi connectivity index (χ3n) is 5.55. The van der Waals surface area contributed by atoms with Gasteiger partial charge in [-0.3, -0.25) is 10.1 Å². The molecule has 1 unspecified atom stereocenters. The van der Waals surface area contributed by atoms with Crippen molar-refractivity contribution in [3.05, 3.63) is 53.4 Å². The van der Waals surface area contributed by atoms with E-state index in [1.165, 1.54) is 12.1 Å². The summed E-state index contributed by atoms with van der Waals surface area (Å²) in [4.78, 5) is 21.1. The van der Waals surface area contributed by atoms with Crippen molar-refractivity contribution in [2.24, 2.45) is 5.92 Å². The van der Waals surface area contributed by atoms with Gasteiger partial charge in [-0.2, -0.15) is 0 Å². The third kappa shape index (κ3) is 3.91. The van der Waals surface area contributed by atoms with Gasteiger partial charge >= 0.3 is 0 Å². The number of aromatic nitrogens is 2. The Labute approximate surface area is 172 Å². The summed E-state index contributed by atoms with van der Waals surface area (Å²) in [5.74, 6) is 0.0285. The molecule has 0 radical (unpaired) electrons. The molecular weight excluding hydrogens is 402 g/mol. The number of carbonyl (C=O) groups excluding carboxylic acids is 1. The molecule has 2 heterocycles. The van der Waals surface area contributed by atoms with Gasteiger partial charge in [-0.05, 0) is 31.0 Å². The molecule has 2 aliphatic rings. The van der Waals surface area contributed by atoms with E-state index in [2.05, 4.69) is 20.6 Å². The van der Waals surface area contributed by atoms with Gasteiger partial charge in [0.25, 0.3) is 0 Å². The first-order valence-electron chi connectivity index (χ1n) is 9.38. The second kappa shape index (κ2) is 7.84. The van der Waals surface area contributed by atoms with Crippen molar-refractivity contribution in [1.29, 1.82) is 0 Å². The fraction of sp³-hybridized carbons (Fsp3) is 0.450. The van der Waals surface area contributed by atoms with Crippen molar-refractivity contribution >= 4 is 17.5 Å². The van der Waals surface area contributed by atoms with Gasteiger partial charge in [0.2, 0.25) is 5.91 Å². The number of carbonyl (C=O) groups is 1. The van der Waals surface area contributed by atoms with Crippen LogP contribution in [0.1, 0.15) is 23.5 Å². The largest absolute Gasteiger partial charge is 0.489 e. The van der Waals surface area contributed by atoms with Crippen LogP contribution in [-0.4, -0.2) is 41.4 Å². The third-order valence-corrected chi connectivity index (χ3v) is 5.80. The van der Waals surface area contributed by atoms with E-state index in [9.17, 15) is 13.6 Å². The molecule has 0 bridgehead atoms. The molecule has 1 aromatic carbocycles. The van der Waals surface area contributed by atoms with E-state index in [1.54, 1.807) is 25.3 Å². The van der Waals surface area contributed by atoms with E-state index in [-0.39, 0.29) is 24.9 Å². The van der Waals surface area contributed by atoms with Gasteiger partial charge in [0.05, 0.1) is 24.6 Å². The number of rotatable bonds is 7. The lowest BCUT2D eigenvalue weighted by Crippen LogP contribution is -2.64. The first-order valence-corrected chi connectivity index (χ1v) is 9.91. The Morgan fingerprint density at radius 3 is 2.97 bits per heavy atom. The van der Waals surface area contributed by atoms with Crippen molar-refractivity contribution in [1.82, 2.24) is 20.6 Å². The van der Waals surface area contributed by atoms with Gasteiger partial charge in [-0.1, -0.05) is 12.1 Å². The molecule has 1 saturated carbocycles. The van der Waals surface area contributed by atoms with Gasteiger partial charge < -0.3 is 10.1 Å². The molecule has 29 heavy (non-hydrogen) atoms. The van der Waals surface area contributed by atoms with Crippen molar-refractivity contribution in [2.45, 2.75) is 37.0 Å². The number of hydrogen-bond donors (Lipinski definition) is 2. The van der Waals surface area contributed by atoms with Crippen LogP contribution in [0.3, 0.4) is 0 Å². The molecule has 4 atom stereocenters. The quantitative estimate of drug-likeness (QED) is 0.670. The van der Waals surface area contributed by atoms with E-state index in [4.69, 9.17) is 16.3 Å². The highest BCUT2D eigenvalue weighted by molar-refractivity contribution is 6.17. The summed E-state index contributed by atoms with van der Waals surface area (Å²) < 4.78 is 33.3. The predicted molar refractivity (Wildman–Crippen MR) is 103 cm³/mol. The minimum absolute atomic E-state index is 0.127. The first-order chi connectivity index (χ1) is 13.9. The Kier molecular flexibility index (Phi) is 5.40. The van der Waals surface area contributed by atoms with Crippen LogP contribution in [0.4, 0.5) is 8.78 Å². The van der Waals surface area contributed by atoms with Crippen molar-refractivity contribution in [3.8, 4) is 5.75 Å². The molecule has 0 spiro atoms. The summed E-state index contributed by atoms with van der Waals surface area (Å²) in [6.07, 6.45) is 0.230. The van der Waals surface area contributed by atoms with Gasteiger partial charge in [0.15, 0.2) is 5.75 Å². The number of nitrogens with one attached hydrogen (secondary N) is 2. The lowest BCUT2D eigenvalue weighted by atomic mass is 9.93. The second-order valence-corrected chi connectivity index (χ2v) is 7.75. The van der Waals surface area contributed by atoms with Crippen molar-refractivity contribution < 1.29 is 18.3 Å². The molecule has 1 aliphatic heterocycles. The Hall–Kier alpha value is -2.32. The Balaban J connectivity index is 1.55. The molecule has 9 heteroatoms. The number of ether oxygens (including phenoxy) is 1. The summed E-state index contributed by atoms with van der Waals surface area (Å²) in [6.45, 7) is 2.10. The lowest BCUT2D eigenvalue weighted by Gasteiger charge is -2.33. The maximum Gasteiger partial charge on any atom is 0.225 e. The normalized spacial score (nSPS) is 27.8. The van der Waals surface area contributed by atoms with Crippen LogP contribution in [0.25, 0.3) is 0 Å². The topological polar surface area (TPSA) is 76.1 Å². The number of amides is 1. The van der Waals surface area contributed by atoms with Crippen molar-refractivity contribution in [2.75, 3.05) is 13.2 Å². The average Bonchev–Trinajstić information content (AvgIpc) is 3.45.